The van der Waals surface area contributed by atoms with E-state index in [0.717, 1.165) is 11.4 Å². The van der Waals surface area contributed by atoms with Gasteiger partial charge in [0, 0.05) is 24.5 Å². The van der Waals surface area contributed by atoms with Crippen molar-refractivity contribution in [2.24, 2.45) is 0 Å². The van der Waals surface area contributed by atoms with Gasteiger partial charge in [-0.3, -0.25) is 9.78 Å². The number of carbonyl (C=O) groups excluding carboxylic acids is 1. The summed E-state index contributed by atoms with van der Waals surface area (Å²) in [4.78, 5) is 22.6. The molecule has 0 spiro atoms. The number of nitrogens with zero attached hydrogens (tertiary/aromatic N) is 3. The number of rotatable bonds is 4. The number of hydrogen-bond donors (Lipinski definition) is 0. The van der Waals surface area contributed by atoms with Gasteiger partial charge in [-0.25, -0.2) is 4.98 Å². The lowest BCUT2D eigenvalue weighted by Gasteiger charge is -2.17. The number of halogens is 1. The fraction of sp³-hybridized carbons (Fsp3) is 0.312. The van der Waals surface area contributed by atoms with Crippen LogP contribution in [0.3, 0.4) is 0 Å². The van der Waals surface area contributed by atoms with Gasteiger partial charge in [-0.1, -0.05) is 31.5 Å². The molecule has 0 aliphatic heterocycles. The van der Waals surface area contributed by atoms with Gasteiger partial charge in [0.05, 0.1) is 12.2 Å². The molecule has 0 aliphatic carbocycles. The predicted octanol–water partition coefficient (Wildman–Crippen LogP) is 3.53. The number of carbonyl (C=O) groups is 1. The fourth-order valence-corrected chi connectivity index (χ4v) is 2.18. The van der Waals surface area contributed by atoms with Crippen molar-refractivity contribution in [3.05, 3.63) is 58.6 Å². The molecule has 0 unspecified atom stereocenters. The first-order chi connectivity index (χ1) is 9.97. The Kier molecular flexibility index (Phi) is 4.91. The summed E-state index contributed by atoms with van der Waals surface area (Å²) in [7, 11) is 1.75. The largest absolute Gasteiger partial charge is 0.336 e. The van der Waals surface area contributed by atoms with Crippen LogP contribution in [0.2, 0.25) is 5.15 Å². The van der Waals surface area contributed by atoms with Crippen LogP contribution in [-0.4, -0.2) is 27.8 Å². The van der Waals surface area contributed by atoms with Gasteiger partial charge in [0.2, 0.25) is 0 Å². The van der Waals surface area contributed by atoms with Gasteiger partial charge in [-0.05, 0) is 30.2 Å². The second kappa shape index (κ2) is 6.68. The van der Waals surface area contributed by atoms with Crippen molar-refractivity contribution in [3.63, 3.8) is 0 Å². The van der Waals surface area contributed by atoms with E-state index in [1.54, 1.807) is 30.3 Å². The van der Waals surface area contributed by atoms with Crippen LogP contribution in [0.1, 0.15) is 41.5 Å². The van der Waals surface area contributed by atoms with Gasteiger partial charge in [0.1, 0.15) is 5.15 Å². The minimum Gasteiger partial charge on any atom is -0.336 e. The van der Waals surface area contributed by atoms with Crippen LogP contribution < -0.4 is 0 Å². The molecule has 0 atom stereocenters. The van der Waals surface area contributed by atoms with E-state index in [1.807, 2.05) is 32.0 Å². The first-order valence-electron chi connectivity index (χ1n) is 6.80. The molecule has 2 aromatic heterocycles. The topological polar surface area (TPSA) is 46.1 Å². The molecule has 21 heavy (non-hydrogen) atoms. The van der Waals surface area contributed by atoms with Crippen molar-refractivity contribution >= 4 is 17.5 Å². The van der Waals surface area contributed by atoms with E-state index in [0.29, 0.717) is 17.3 Å². The molecule has 4 nitrogen and oxygen atoms in total. The summed E-state index contributed by atoms with van der Waals surface area (Å²) < 4.78 is 0. The predicted molar refractivity (Wildman–Crippen MR) is 83.4 cm³/mol. The summed E-state index contributed by atoms with van der Waals surface area (Å²) >= 11 is 6.01. The van der Waals surface area contributed by atoms with E-state index < -0.39 is 0 Å². The van der Waals surface area contributed by atoms with Crippen LogP contribution in [0.25, 0.3) is 0 Å². The third kappa shape index (κ3) is 4.02. The van der Waals surface area contributed by atoms with E-state index in [4.69, 9.17) is 11.6 Å². The minimum absolute atomic E-state index is 0.0909. The van der Waals surface area contributed by atoms with Gasteiger partial charge >= 0.3 is 0 Å². The molecule has 1 amide bonds. The summed E-state index contributed by atoms with van der Waals surface area (Å²) in [6, 6.07) is 9.05. The first-order valence-corrected chi connectivity index (χ1v) is 7.18. The average molecular weight is 304 g/mol. The molecular weight excluding hydrogens is 286 g/mol. The SMILES string of the molecule is CC(C)c1cc(C(=O)N(C)Cc2ccccn2)cc(Cl)n1. The summed E-state index contributed by atoms with van der Waals surface area (Å²) in [5.74, 6) is 0.128. The number of aromatic nitrogens is 2. The molecule has 5 heteroatoms. The Labute approximate surface area is 129 Å². The molecule has 110 valence electrons. The highest BCUT2D eigenvalue weighted by atomic mass is 35.5. The lowest BCUT2D eigenvalue weighted by Crippen LogP contribution is -2.26. The van der Waals surface area contributed by atoms with Crippen molar-refractivity contribution in [1.82, 2.24) is 14.9 Å². The molecule has 0 aromatic carbocycles. The lowest BCUT2D eigenvalue weighted by atomic mass is 10.1. The maximum atomic E-state index is 12.5. The first kappa shape index (κ1) is 15.4. The van der Waals surface area contributed by atoms with Gasteiger partial charge in [-0.15, -0.1) is 0 Å². The van der Waals surface area contributed by atoms with E-state index >= 15 is 0 Å². The van der Waals surface area contributed by atoms with Crippen molar-refractivity contribution in [3.8, 4) is 0 Å². The Bertz CT molecular complexity index is 629. The Hall–Kier alpha value is -1.94. The van der Waals surface area contributed by atoms with Gasteiger partial charge in [0.25, 0.3) is 5.91 Å². The maximum absolute atomic E-state index is 12.5. The Morgan fingerprint density at radius 3 is 2.71 bits per heavy atom. The van der Waals surface area contributed by atoms with Crippen molar-refractivity contribution in [2.45, 2.75) is 26.3 Å². The monoisotopic (exact) mass is 303 g/mol. The molecule has 2 heterocycles. The molecule has 0 N–H and O–H groups in total. The minimum atomic E-state index is -0.0909. The van der Waals surface area contributed by atoms with Gasteiger partial charge in [-0.2, -0.15) is 0 Å². The smallest absolute Gasteiger partial charge is 0.254 e. The second-order valence-electron chi connectivity index (χ2n) is 5.24. The van der Waals surface area contributed by atoms with Crippen molar-refractivity contribution < 1.29 is 4.79 Å². The Morgan fingerprint density at radius 1 is 1.33 bits per heavy atom. The number of amides is 1. The molecule has 0 aliphatic rings. The summed E-state index contributed by atoms with van der Waals surface area (Å²) in [6.45, 7) is 4.49. The second-order valence-corrected chi connectivity index (χ2v) is 5.63. The van der Waals surface area contributed by atoms with Crippen LogP contribution >= 0.6 is 11.6 Å². The standard InChI is InChI=1S/C16H18ClN3O/c1-11(2)14-8-12(9-15(17)19-14)16(21)20(3)10-13-6-4-5-7-18-13/h4-9,11H,10H2,1-3H3. The quantitative estimate of drug-likeness (QED) is 0.812. The van der Waals surface area contributed by atoms with E-state index in [9.17, 15) is 4.79 Å². The maximum Gasteiger partial charge on any atom is 0.254 e. The van der Waals surface area contributed by atoms with E-state index in [2.05, 4.69) is 9.97 Å². The zero-order valence-corrected chi connectivity index (χ0v) is 13.1. The van der Waals surface area contributed by atoms with Gasteiger partial charge in [0.15, 0.2) is 0 Å². The van der Waals surface area contributed by atoms with Crippen molar-refractivity contribution in [1.29, 1.82) is 0 Å². The summed E-state index contributed by atoms with van der Waals surface area (Å²) in [6.07, 6.45) is 1.72. The third-order valence-corrected chi connectivity index (χ3v) is 3.32. The van der Waals surface area contributed by atoms with Crippen molar-refractivity contribution in [2.75, 3.05) is 7.05 Å². The summed E-state index contributed by atoms with van der Waals surface area (Å²) in [5, 5.41) is 0.343. The number of hydrogen-bond acceptors (Lipinski definition) is 3. The van der Waals surface area contributed by atoms with Crippen LogP contribution in [0, 0.1) is 0 Å². The molecule has 0 bridgehead atoms. The molecule has 2 aromatic rings. The van der Waals surface area contributed by atoms with E-state index in [1.165, 1.54) is 0 Å². The molecule has 0 saturated carbocycles. The highest BCUT2D eigenvalue weighted by Crippen LogP contribution is 2.19. The lowest BCUT2D eigenvalue weighted by molar-refractivity contribution is 0.0783. The highest BCUT2D eigenvalue weighted by molar-refractivity contribution is 6.29. The van der Waals surface area contributed by atoms with E-state index in [-0.39, 0.29) is 11.8 Å². The normalized spacial score (nSPS) is 10.7. The Balaban J connectivity index is 2.19. The zero-order valence-electron chi connectivity index (χ0n) is 12.4. The van der Waals surface area contributed by atoms with Crippen LogP contribution in [0.4, 0.5) is 0 Å². The average Bonchev–Trinajstić information content (AvgIpc) is 2.46. The number of pyridine rings is 2. The Morgan fingerprint density at radius 2 is 2.10 bits per heavy atom. The molecular formula is C16H18ClN3O. The van der Waals surface area contributed by atoms with Gasteiger partial charge < -0.3 is 4.90 Å². The highest BCUT2D eigenvalue weighted by Gasteiger charge is 2.15. The molecule has 0 radical (unpaired) electrons. The fourth-order valence-electron chi connectivity index (χ4n) is 1.96. The summed E-state index contributed by atoms with van der Waals surface area (Å²) in [5.41, 5.74) is 2.21. The zero-order chi connectivity index (χ0) is 15.4. The third-order valence-electron chi connectivity index (χ3n) is 3.12. The molecule has 0 fully saturated rings. The molecule has 0 saturated heterocycles. The van der Waals surface area contributed by atoms with Crippen LogP contribution in [0.15, 0.2) is 36.5 Å². The molecule has 2 rings (SSSR count). The van der Waals surface area contributed by atoms with Crippen LogP contribution in [0.5, 0.6) is 0 Å². The van der Waals surface area contributed by atoms with Crippen LogP contribution in [-0.2, 0) is 6.54 Å².